The average molecular weight is 482 g/mol. The number of carbonyl (C=O) groups excluding carboxylic acids is 2. The number of ether oxygens (including phenoxy) is 1. The monoisotopic (exact) mass is 481 g/mol. The molecule has 2 aromatic carbocycles. The number of H-pyrrole nitrogens is 1. The van der Waals surface area contributed by atoms with Crippen LogP contribution < -0.4 is 15.5 Å². The van der Waals surface area contributed by atoms with E-state index in [4.69, 9.17) is 16.3 Å². The molecule has 4 N–H and O–H groups in total. The number of nitrogens with one attached hydrogen (secondary N) is 3. The second-order valence-corrected chi connectivity index (χ2v) is 8.77. The molecule has 34 heavy (non-hydrogen) atoms. The number of aliphatic hydroxyl groups excluding tert-OH is 1. The van der Waals surface area contributed by atoms with E-state index in [2.05, 4.69) is 31.6 Å². The number of amides is 2. The minimum atomic E-state index is -0.926. The number of aliphatic hydroxyl groups is 1. The van der Waals surface area contributed by atoms with Crippen molar-refractivity contribution in [3.8, 4) is 0 Å². The van der Waals surface area contributed by atoms with Crippen molar-refractivity contribution < 1.29 is 19.4 Å². The number of fused-ring (bicyclic) bond motifs is 1. The van der Waals surface area contributed by atoms with Crippen LogP contribution in [0.5, 0.6) is 0 Å². The predicted molar refractivity (Wildman–Crippen MR) is 128 cm³/mol. The number of nitrogens with zero attached hydrogens (tertiary/aromatic N) is 2. The molecule has 0 bridgehead atoms. The molecule has 1 atom stereocenters. The lowest BCUT2D eigenvalue weighted by Crippen LogP contribution is -2.36. The molecule has 3 heterocycles. The first-order valence-corrected chi connectivity index (χ1v) is 11.4. The first-order valence-electron chi connectivity index (χ1n) is 11.0. The maximum atomic E-state index is 12.6. The lowest BCUT2D eigenvalue weighted by molar-refractivity contribution is -0.123. The van der Waals surface area contributed by atoms with Gasteiger partial charge in [-0.1, -0.05) is 23.7 Å². The summed E-state index contributed by atoms with van der Waals surface area (Å²) in [6.07, 6.45) is -0.926. The number of morpholine rings is 1. The molecule has 1 aromatic heterocycles. The van der Waals surface area contributed by atoms with Gasteiger partial charge in [-0.2, -0.15) is 0 Å². The van der Waals surface area contributed by atoms with Gasteiger partial charge in [0.15, 0.2) is 0 Å². The van der Waals surface area contributed by atoms with Crippen molar-refractivity contribution in [3.63, 3.8) is 0 Å². The molecule has 1 unspecified atom stereocenters. The number of carbonyl (C=O) groups is 2. The van der Waals surface area contributed by atoms with E-state index in [1.165, 1.54) is 0 Å². The third-order valence-corrected chi connectivity index (χ3v) is 6.25. The average Bonchev–Trinajstić information content (AvgIpc) is 3.37. The first-order chi connectivity index (χ1) is 16.4. The molecular formula is C24H24ClN5O4. The molecule has 0 spiro atoms. The summed E-state index contributed by atoms with van der Waals surface area (Å²) in [5.41, 5.74) is 4.29. The Morgan fingerprint density at radius 3 is 2.76 bits per heavy atom. The minimum Gasteiger partial charge on any atom is -0.387 e. The van der Waals surface area contributed by atoms with Gasteiger partial charge >= 0.3 is 0 Å². The van der Waals surface area contributed by atoms with Gasteiger partial charge in [0.05, 0.1) is 30.4 Å². The van der Waals surface area contributed by atoms with E-state index in [0.29, 0.717) is 29.6 Å². The van der Waals surface area contributed by atoms with Crippen LogP contribution in [0.2, 0.25) is 5.02 Å². The Morgan fingerprint density at radius 2 is 2.00 bits per heavy atom. The van der Waals surface area contributed by atoms with Gasteiger partial charge in [-0.05, 0) is 42.3 Å². The zero-order valence-corrected chi connectivity index (χ0v) is 19.3. The van der Waals surface area contributed by atoms with Crippen LogP contribution in [0.15, 0.2) is 42.1 Å². The summed E-state index contributed by atoms with van der Waals surface area (Å²) in [7, 11) is 0. The van der Waals surface area contributed by atoms with Gasteiger partial charge in [0, 0.05) is 30.3 Å². The van der Waals surface area contributed by atoms with Crippen LogP contribution in [0.1, 0.15) is 23.1 Å². The van der Waals surface area contributed by atoms with Crippen LogP contribution >= 0.6 is 11.6 Å². The van der Waals surface area contributed by atoms with E-state index in [-0.39, 0.29) is 17.8 Å². The third kappa shape index (κ3) is 4.25. The first kappa shape index (κ1) is 22.4. The number of anilines is 1. The van der Waals surface area contributed by atoms with Crippen molar-refractivity contribution in [2.75, 3.05) is 37.7 Å². The number of imide groups is 1. The highest BCUT2D eigenvalue weighted by molar-refractivity contribution is 6.35. The Balaban J connectivity index is 1.45. The lowest BCUT2D eigenvalue weighted by Gasteiger charge is -2.29. The van der Waals surface area contributed by atoms with E-state index >= 15 is 0 Å². The summed E-state index contributed by atoms with van der Waals surface area (Å²) in [6, 6.07) is 10.9. The summed E-state index contributed by atoms with van der Waals surface area (Å²) >= 11 is 6.00. The van der Waals surface area contributed by atoms with E-state index in [0.717, 1.165) is 35.4 Å². The van der Waals surface area contributed by atoms with E-state index in [1.54, 1.807) is 24.3 Å². The van der Waals surface area contributed by atoms with Crippen LogP contribution in [0.3, 0.4) is 0 Å². The third-order valence-electron chi connectivity index (χ3n) is 6.01. The fourth-order valence-corrected chi connectivity index (χ4v) is 4.47. The zero-order valence-electron chi connectivity index (χ0n) is 18.5. The molecule has 1 fully saturated rings. The number of aryl methyl sites for hydroxylation is 1. The highest BCUT2D eigenvalue weighted by Crippen LogP contribution is 2.29. The van der Waals surface area contributed by atoms with Crippen molar-refractivity contribution in [1.82, 2.24) is 20.6 Å². The lowest BCUT2D eigenvalue weighted by atomic mass is 10.1. The largest absolute Gasteiger partial charge is 0.387 e. The fourth-order valence-electron chi connectivity index (χ4n) is 4.27. The molecule has 5 rings (SSSR count). The Kier molecular flexibility index (Phi) is 5.99. The van der Waals surface area contributed by atoms with Crippen molar-refractivity contribution in [3.05, 3.63) is 64.1 Å². The van der Waals surface area contributed by atoms with Crippen LogP contribution in [0.4, 0.5) is 5.69 Å². The van der Waals surface area contributed by atoms with Gasteiger partial charge in [-0.25, -0.2) is 4.98 Å². The fraction of sp³-hybridized carbons (Fsp3) is 0.292. The minimum absolute atomic E-state index is 0.0142. The molecule has 0 saturated carbocycles. The van der Waals surface area contributed by atoms with Crippen molar-refractivity contribution in [2.45, 2.75) is 13.0 Å². The van der Waals surface area contributed by atoms with Gasteiger partial charge in [-0.3, -0.25) is 14.9 Å². The van der Waals surface area contributed by atoms with Crippen LogP contribution in [0.25, 0.3) is 16.6 Å². The molecular weight excluding hydrogens is 458 g/mol. The maximum absolute atomic E-state index is 12.6. The topological polar surface area (TPSA) is 120 Å². The summed E-state index contributed by atoms with van der Waals surface area (Å²) < 4.78 is 5.44. The normalized spacial score (nSPS) is 17.4. The number of rotatable bonds is 6. The highest BCUT2D eigenvalue weighted by Gasteiger charge is 2.34. The zero-order chi connectivity index (χ0) is 23.8. The Hall–Kier alpha value is -3.40. The van der Waals surface area contributed by atoms with E-state index in [1.807, 2.05) is 13.0 Å². The summed E-state index contributed by atoms with van der Waals surface area (Å²) in [5.74, 6) is -0.820. The Bertz CT molecular complexity index is 1310. The molecule has 0 radical (unpaired) electrons. The summed E-state index contributed by atoms with van der Waals surface area (Å²) in [5, 5.41) is 16.3. The van der Waals surface area contributed by atoms with Gasteiger partial charge < -0.3 is 25.0 Å². The van der Waals surface area contributed by atoms with E-state index < -0.39 is 17.9 Å². The number of aromatic nitrogens is 2. The molecule has 2 aliphatic rings. The highest BCUT2D eigenvalue weighted by atomic mass is 35.5. The number of aromatic amines is 1. The second kappa shape index (κ2) is 9.09. The molecule has 0 aliphatic carbocycles. The summed E-state index contributed by atoms with van der Waals surface area (Å²) in [6.45, 7) is 4.94. The smallest absolute Gasteiger partial charge is 0.275 e. The molecule has 176 valence electrons. The Labute approximate surface area is 200 Å². The van der Waals surface area contributed by atoms with Gasteiger partial charge in [0.25, 0.3) is 11.8 Å². The van der Waals surface area contributed by atoms with Gasteiger partial charge in [0.1, 0.15) is 17.1 Å². The molecule has 1 saturated heterocycles. The van der Waals surface area contributed by atoms with Crippen LogP contribution in [-0.2, 0) is 14.3 Å². The number of hydrogen-bond acceptors (Lipinski definition) is 7. The van der Waals surface area contributed by atoms with Crippen molar-refractivity contribution in [2.24, 2.45) is 0 Å². The standard InChI is InChI=1S/C24H24ClN5O4/c1-13-9-16(30-5-7-34-8-6-30)11-17-20(13)28-22(27-17)19-21(24(33)29-23(19)32)26-12-18(31)14-3-2-4-15(25)10-14/h2-4,9-11,18,31H,5-8,12H2,1H3,(H,27,28)(H2,26,29,32,33). The van der Waals surface area contributed by atoms with Crippen LogP contribution in [-0.4, -0.2) is 59.7 Å². The number of halogens is 1. The van der Waals surface area contributed by atoms with E-state index in [9.17, 15) is 14.7 Å². The number of hydrogen-bond donors (Lipinski definition) is 4. The SMILES string of the molecule is Cc1cc(N2CCOCC2)cc2[nH]c(C3=C(NCC(O)c4cccc(Cl)c4)C(=O)NC3=O)nc12. The predicted octanol–water partition coefficient (Wildman–Crippen LogP) is 2.05. The van der Waals surface area contributed by atoms with Crippen molar-refractivity contribution in [1.29, 1.82) is 0 Å². The maximum Gasteiger partial charge on any atom is 0.275 e. The van der Waals surface area contributed by atoms with Gasteiger partial charge in [0.2, 0.25) is 0 Å². The van der Waals surface area contributed by atoms with Crippen LogP contribution in [0, 0.1) is 6.92 Å². The number of imidazole rings is 1. The molecule has 2 aliphatic heterocycles. The van der Waals surface area contributed by atoms with Gasteiger partial charge in [-0.15, -0.1) is 0 Å². The molecule has 10 heteroatoms. The second-order valence-electron chi connectivity index (χ2n) is 8.33. The number of benzene rings is 2. The van der Waals surface area contributed by atoms with Crippen molar-refractivity contribution >= 4 is 45.7 Å². The molecule has 9 nitrogen and oxygen atoms in total. The Morgan fingerprint density at radius 1 is 1.21 bits per heavy atom. The molecule has 2 amide bonds. The molecule has 3 aromatic rings. The summed E-state index contributed by atoms with van der Waals surface area (Å²) in [4.78, 5) is 35.2. The quantitative estimate of drug-likeness (QED) is 0.398.